The Hall–Kier alpha value is -2.84. The molecule has 1 aromatic carbocycles. The molecule has 0 radical (unpaired) electrons. The molecule has 2 aliphatic rings. The number of alkyl halides is 2. The summed E-state index contributed by atoms with van der Waals surface area (Å²) in [5.41, 5.74) is -0.223. The van der Waals surface area contributed by atoms with E-state index in [1.165, 1.54) is 0 Å². The molecule has 5 nitrogen and oxygen atoms in total. The number of carbonyl (C=O) groups is 1. The molecule has 0 aromatic heterocycles. The first-order valence-corrected chi connectivity index (χ1v) is 9.16. The van der Waals surface area contributed by atoms with Crippen molar-refractivity contribution in [2.75, 3.05) is 13.2 Å². The lowest BCUT2D eigenvalue weighted by Gasteiger charge is -2.20. The van der Waals surface area contributed by atoms with Crippen molar-refractivity contribution in [1.82, 2.24) is 5.32 Å². The van der Waals surface area contributed by atoms with Crippen LogP contribution in [0.25, 0.3) is 0 Å². The van der Waals surface area contributed by atoms with Crippen LogP contribution in [0.4, 0.5) is 17.6 Å². The number of nitrogens with one attached hydrogen (secondary N) is 1. The van der Waals surface area contributed by atoms with Crippen LogP contribution in [0.3, 0.4) is 0 Å². The Morgan fingerprint density at radius 2 is 1.90 bits per heavy atom. The molecule has 1 aromatic rings. The van der Waals surface area contributed by atoms with Crippen molar-refractivity contribution in [1.29, 1.82) is 0 Å². The fraction of sp³-hybridized carbons (Fsp3) is 0.400. The lowest BCUT2D eigenvalue weighted by atomic mass is 10.0. The first-order chi connectivity index (χ1) is 13.9. The van der Waals surface area contributed by atoms with E-state index in [2.05, 4.69) is 15.2 Å². The summed E-state index contributed by atoms with van der Waals surface area (Å²) in [5.74, 6) is -3.34. The second-order valence-electron chi connectivity index (χ2n) is 6.80. The minimum atomic E-state index is -3.23. The Labute approximate surface area is 165 Å². The summed E-state index contributed by atoms with van der Waals surface area (Å²) < 4.78 is 58.7. The van der Waals surface area contributed by atoms with E-state index in [0.29, 0.717) is 5.92 Å². The van der Waals surface area contributed by atoms with E-state index >= 15 is 0 Å². The zero-order valence-corrected chi connectivity index (χ0v) is 15.5. The van der Waals surface area contributed by atoms with Crippen LogP contribution in [0.15, 0.2) is 58.5 Å². The molecule has 1 fully saturated rings. The molecule has 9 heteroatoms. The van der Waals surface area contributed by atoms with Crippen LogP contribution in [0.2, 0.25) is 0 Å². The van der Waals surface area contributed by atoms with Crippen molar-refractivity contribution in [2.24, 2.45) is 11.1 Å². The van der Waals surface area contributed by atoms with Crippen LogP contribution in [-0.4, -0.2) is 31.4 Å². The van der Waals surface area contributed by atoms with Gasteiger partial charge in [-0.15, -0.1) is 0 Å². The monoisotopic (exact) mass is 412 g/mol. The number of ether oxygens (including phenoxy) is 1. The number of benzene rings is 1. The van der Waals surface area contributed by atoms with Crippen LogP contribution < -0.4 is 5.32 Å². The molecule has 29 heavy (non-hydrogen) atoms. The third kappa shape index (κ3) is 6.07. The number of rotatable bonds is 9. The molecule has 2 aliphatic carbocycles. The van der Waals surface area contributed by atoms with Gasteiger partial charge >= 0.3 is 6.61 Å². The topological polar surface area (TPSA) is 59.9 Å². The Bertz CT molecular complexity index is 833. The third-order valence-corrected chi connectivity index (χ3v) is 4.46. The number of allylic oxidation sites excluding steroid dienone is 2. The van der Waals surface area contributed by atoms with E-state index in [-0.39, 0.29) is 13.0 Å². The van der Waals surface area contributed by atoms with Crippen molar-refractivity contribution >= 4 is 11.6 Å². The Balaban J connectivity index is 1.69. The van der Waals surface area contributed by atoms with Gasteiger partial charge in [-0.2, -0.15) is 8.78 Å². The van der Waals surface area contributed by atoms with Gasteiger partial charge in [-0.1, -0.05) is 35.5 Å². The lowest BCUT2D eigenvalue weighted by molar-refractivity contribution is -0.120. The molecular weight excluding hydrogens is 392 g/mol. The third-order valence-electron chi connectivity index (χ3n) is 4.46. The summed E-state index contributed by atoms with van der Waals surface area (Å²) in [6.45, 7) is -3.47. The first kappa shape index (κ1) is 20.9. The van der Waals surface area contributed by atoms with Crippen molar-refractivity contribution in [3.05, 3.63) is 58.9 Å². The average Bonchev–Trinajstić information content (AvgIpc) is 3.50. The van der Waals surface area contributed by atoms with E-state index in [1.807, 2.05) is 0 Å². The molecule has 0 unspecified atom stereocenters. The average molecular weight is 412 g/mol. The van der Waals surface area contributed by atoms with Crippen LogP contribution in [-0.2, 0) is 20.8 Å². The maximum absolute atomic E-state index is 14.5. The van der Waals surface area contributed by atoms with Gasteiger partial charge in [-0.3, -0.25) is 4.79 Å². The minimum Gasteiger partial charge on any atom is -0.438 e. The number of oxime groups is 1. The van der Waals surface area contributed by atoms with E-state index in [1.54, 1.807) is 30.3 Å². The van der Waals surface area contributed by atoms with Gasteiger partial charge in [0.2, 0.25) is 5.91 Å². The molecule has 3 rings (SSSR count). The summed E-state index contributed by atoms with van der Waals surface area (Å²) in [7, 11) is 0. The number of amides is 1. The van der Waals surface area contributed by atoms with E-state index in [9.17, 15) is 22.4 Å². The maximum Gasteiger partial charge on any atom is 0.387 e. The Morgan fingerprint density at radius 1 is 1.17 bits per heavy atom. The Kier molecular flexibility index (Phi) is 6.90. The molecule has 0 heterocycles. The van der Waals surface area contributed by atoms with Gasteiger partial charge in [0, 0.05) is 12.1 Å². The second kappa shape index (κ2) is 9.58. The second-order valence-corrected chi connectivity index (χ2v) is 6.80. The molecular formula is C20H20F4N2O3. The maximum atomic E-state index is 14.5. The number of nitrogens with zero attached hydrogens (tertiary/aromatic N) is 1. The molecule has 1 saturated carbocycles. The van der Waals surface area contributed by atoms with E-state index < -0.39 is 54.2 Å². The zero-order chi connectivity index (χ0) is 20.8. The normalized spacial score (nSPS) is 18.4. The molecule has 0 bridgehead atoms. The predicted molar refractivity (Wildman–Crippen MR) is 97.2 cm³/mol. The highest BCUT2D eigenvalue weighted by Gasteiger charge is 2.31. The summed E-state index contributed by atoms with van der Waals surface area (Å²) in [5, 5.41) is 5.94. The predicted octanol–water partition coefficient (Wildman–Crippen LogP) is 4.18. The van der Waals surface area contributed by atoms with Gasteiger partial charge in [-0.25, -0.2) is 8.78 Å². The summed E-state index contributed by atoms with van der Waals surface area (Å²) in [6, 6.07) is 8.76. The first-order valence-electron chi connectivity index (χ1n) is 9.16. The van der Waals surface area contributed by atoms with Gasteiger partial charge < -0.3 is 14.9 Å². The smallest absolute Gasteiger partial charge is 0.387 e. The number of hydrogen-bond acceptors (Lipinski definition) is 4. The highest BCUT2D eigenvalue weighted by Crippen LogP contribution is 2.33. The van der Waals surface area contributed by atoms with Crippen LogP contribution in [0, 0.1) is 5.92 Å². The highest BCUT2D eigenvalue weighted by molar-refractivity contribution is 6.01. The van der Waals surface area contributed by atoms with Gasteiger partial charge in [0.15, 0.2) is 11.7 Å². The minimum absolute atomic E-state index is 0.00862. The van der Waals surface area contributed by atoms with Gasteiger partial charge in [0.25, 0.3) is 0 Å². The number of hydrogen-bond donors (Lipinski definition) is 1. The summed E-state index contributed by atoms with van der Waals surface area (Å²) in [4.78, 5) is 17.0. The van der Waals surface area contributed by atoms with Crippen molar-refractivity contribution in [3.8, 4) is 0 Å². The van der Waals surface area contributed by atoms with E-state index in [0.717, 1.165) is 18.4 Å². The molecule has 1 amide bonds. The number of halogens is 4. The van der Waals surface area contributed by atoms with Crippen molar-refractivity contribution in [3.63, 3.8) is 0 Å². The van der Waals surface area contributed by atoms with Crippen molar-refractivity contribution in [2.45, 2.75) is 32.3 Å². The molecule has 1 N–H and O–H groups in total. The fourth-order valence-electron chi connectivity index (χ4n) is 2.72. The fourth-order valence-corrected chi connectivity index (χ4v) is 2.72. The van der Waals surface area contributed by atoms with Crippen molar-refractivity contribution < 1.29 is 31.9 Å². The number of carbonyl (C=O) groups excluding carboxylic acids is 1. The lowest BCUT2D eigenvalue weighted by Crippen LogP contribution is -2.30. The standard InChI is InChI=1S/C20H20F4N2O3/c21-18-14(10-25-17(27)8-12-4-2-1-3-5-12)16(29-20(23)24)9-15(19(18)22)26-28-11-13-6-7-13/h1-5,13,20H,6-11H2,(H,25,27)/b26-15+. The molecule has 156 valence electrons. The van der Waals surface area contributed by atoms with Crippen LogP contribution in [0.1, 0.15) is 24.8 Å². The zero-order valence-electron chi connectivity index (χ0n) is 15.5. The van der Waals surface area contributed by atoms with E-state index in [4.69, 9.17) is 4.84 Å². The largest absolute Gasteiger partial charge is 0.438 e. The molecule has 0 saturated heterocycles. The molecule has 0 spiro atoms. The van der Waals surface area contributed by atoms with Gasteiger partial charge in [0.1, 0.15) is 18.1 Å². The molecule has 0 aliphatic heterocycles. The molecule has 0 atom stereocenters. The summed E-state index contributed by atoms with van der Waals surface area (Å²) in [6.07, 6.45) is 1.46. The van der Waals surface area contributed by atoms with Gasteiger partial charge in [0.05, 0.1) is 12.8 Å². The quantitative estimate of drug-likeness (QED) is 0.489. The van der Waals surface area contributed by atoms with Crippen LogP contribution in [0.5, 0.6) is 0 Å². The SMILES string of the molecule is O=C(Cc1ccccc1)NCC1=C(OC(F)F)C/C(=N\OCC2CC2)C(F)=C1F. The summed E-state index contributed by atoms with van der Waals surface area (Å²) >= 11 is 0. The van der Waals surface area contributed by atoms with Crippen LogP contribution >= 0.6 is 0 Å². The van der Waals surface area contributed by atoms with Gasteiger partial charge in [-0.05, 0) is 24.3 Å². The Morgan fingerprint density at radius 3 is 2.55 bits per heavy atom. The highest BCUT2D eigenvalue weighted by atomic mass is 19.3.